The summed E-state index contributed by atoms with van der Waals surface area (Å²) in [5, 5.41) is 9.33. The van der Waals surface area contributed by atoms with Gasteiger partial charge in [0.25, 0.3) is 5.91 Å². The third kappa shape index (κ3) is 5.29. The summed E-state index contributed by atoms with van der Waals surface area (Å²) < 4.78 is 6.79. The molecule has 160 valence electrons. The van der Waals surface area contributed by atoms with Crippen LogP contribution in [0.2, 0.25) is 5.15 Å². The molecular formula is C23H17ClN4O3S. The number of aromatic nitrogens is 3. The number of rotatable bonds is 7. The summed E-state index contributed by atoms with van der Waals surface area (Å²) in [4.78, 5) is 29.0. The predicted octanol–water partition coefficient (Wildman–Crippen LogP) is 4.84. The van der Waals surface area contributed by atoms with Gasteiger partial charge < -0.3 is 10.1 Å². The normalized spacial score (nSPS) is 10.9. The Morgan fingerprint density at radius 2 is 1.97 bits per heavy atom. The number of thiophene rings is 1. The van der Waals surface area contributed by atoms with Crippen molar-refractivity contribution in [2.24, 2.45) is 0 Å². The van der Waals surface area contributed by atoms with Gasteiger partial charge in [-0.1, -0.05) is 35.9 Å². The molecule has 3 heterocycles. The fourth-order valence-corrected chi connectivity index (χ4v) is 3.73. The van der Waals surface area contributed by atoms with E-state index in [1.54, 1.807) is 34.2 Å². The van der Waals surface area contributed by atoms with Crippen LogP contribution in [0.3, 0.4) is 0 Å². The molecule has 0 aliphatic rings. The quantitative estimate of drug-likeness (QED) is 0.240. The number of carbonyl (C=O) groups excluding carboxylic acids is 2. The van der Waals surface area contributed by atoms with Crippen LogP contribution in [0.4, 0.5) is 5.69 Å². The molecule has 0 aliphatic carbocycles. The number of nitrogens with one attached hydrogen (secondary N) is 1. The van der Waals surface area contributed by atoms with Crippen LogP contribution in [-0.2, 0) is 14.3 Å². The number of anilines is 1. The van der Waals surface area contributed by atoms with Crippen molar-refractivity contribution in [1.82, 2.24) is 14.8 Å². The second-order valence-corrected chi connectivity index (χ2v) is 7.83. The second kappa shape index (κ2) is 10.0. The van der Waals surface area contributed by atoms with Crippen molar-refractivity contribution in [3.8, 4) is 16.3 Å². The number of nitrogens with zero attached hydrogens (tertiary/aromatic N) is 3. The highest BCUT2D eigenvalue weighted by Crippen LogP contribution is 2.28. The highest BCUT2D eigenvalue weighted by Gasteiger charge is 2.13. The van der Waals surface area contributed by atoms with Crippen LogP contribution in [0.5, 0.6) is 0 Å². The number of para-hydroxylation sites is 1. The van der Waals surface area contributed by atoms with E-state index in [1.165, 1.54) is 12.3 Å². The Kier molecular flexibility index (Phi) is 6.74. The highest BCUT2D eigenvalue weighted by atomic mass is 35.5. The fourth-order valence-electron chi connectivity index (χ4n) is 2.84. The molecule has 32 heavy (non-hydrogen) atoms. The van der Waals surface area contributed by atoms with E-state index < -0.39 is 18.5 Å². The lowest BCUT2D eigenvalue weighted by Crippen LogP contribution is -2.20. The van der Waals surface area contributed by atoms with Crippen LogP contribution in [0.1, 0.15) is 5.56 Å². The molecule has 0 atom stereocenters. The molecule has 1 aromatic carbocycles. The molecular weight excluding hydrogens is 448 g/mol. The number of hydrogen-bond acceptors (Lipinski definition) is 6. The van der Waals surface area contributed by atoms with Crippen LogP contribution in [0.25, 0.3) is 22.3 Å². The summed E-state index contributed by atoms with van der Waals surface area (Å²) in [5.41, 5.74) is 2.75. The largest absolute Gasteiger partial charge is 0.452 e. The highest BCUT2D eigenvalue weighted by molar-refractivity contribution is 7.13. The number of amides is 1. The standard InChI is InChI=1S/C23H17ClN4O3S/c24-23-18(8-4-12-25-23)26-20(29)15-31-21(30)11-10-16-14-28(17-6-2-1-3-7-17)27-22(16)19-9-5-13-32-19/h1-14H,15H2,(H,26,29)/b11-10+. The first kappa shape index (κ1) is 21.5. The molecule has 0 unspecified atom stereocenters. The van der Waals surface area contributed by atoms with Crippen LogP contribution < -0.4 is 5.32 Å². The molecule has 4 aromatic rings. The molecule has 4 rings (SSSR count). The van der Waals surface area contributed by atoms with Gasteiger partial charge in [0, 0.05) is 24.0 Å². The number of pyridine rings is 1. The maximum atomic E-state index is 12.2. The van der Waals surface area contributed by atoms with E-state index in [1.807, 2.05) is 54.0 Å². The molecule has 0 spiro atoms. The molecule has 0 radical (unpaired) electrons. The Hall–Kier alpha value is -3.75. The molecule has 7 nitrogen and oxygen atoms in total. The Labute approximate surface area is 192 Å². The van der Waals surface area contributed by atoms with Crippen molar-refractivity contribution in [2.75, 3.05) is 11.9 Å². The van der Waals surface area contributed by atoms with E-state index >= 15 is 0 Å². The van der Waals surface area contributed by atoms with E-state index in [-0.39, 0.29) is 5.15 Å². The monoisotopic (exact) mass is 464 g/mol. The number of halogens is 1. The van der Waals surface area contributed by atoms with E-state index in [2.05, 4.69) is 15.4 Å². The lowest BCUT2D eigenvalue weighted by atomic mass is 10.2. The van der Waals surface area contributed by atoms with Crippen molar-refractivity contribution >= 4 is 46.6 Å². The first-order chi connectivity index (χ1) is 15.6. The van der Waals surface area contributed by atoms with Crippen LogP contribution >= 0.6 is 22.9 Å². The minimum absolute atomic E-state index is 0.156. The van der Waals surface area contributed by atoms with Crippen molar-refractivity contribution < 1.29 is 14.3 Å². The molecule has 0 bridgehead atoms. The minimum Gasteiger partial charge on any atom is -0.452 e. The van der Waals surface area contributed by atoms with Gasteiger partial charge in [0.05, 0.1) is 16.3 Å². The van der Waals surface area contributed by atoms with Gasteiger partial charge in [-0.3, -0.25) is 4.79 Å². The Morgan fingerprint density at radius 3 is 2.72 bits per heavy atom. The van der Waals surface area contributed by atoms with Crippen molar-refractivity contribution in [3.63, 3.8) is 0 Å². The van der Waals surface area contributed by atoms with Gasteiger partial charge in [-0.15, -0.1) is 11.3 Å². The predicted molar refractivity (Wildman–Crippen MR) is 125 cm³/mol. The van der Waals surface area contributed by atoms with Crippen LogP contribution in [0, 0.1) is 0 Å². The maximum Gasteiger partial charge on any atom is 0.331 e. The Bertz CT molecular complexity index is 1250. The summed E-state index contributed by atoms with van der Waals surface area (Å²) in [5.74, 6) is -1.17. The van der Waals surface area contributed by atoms with Gasteiger partial charge in [-0.05, 0) is 41.8 Å². The lowest BCUT2D eigenvalue weighted by Gasteiger charge is -2.06. The molecule has 9 heteroatoms. The van der Waals surface area contributed by atoms with Crippen molar-refractivity contribution in [3.05, 3.63) is 89.2 Å². The molecule has 1 amide bonds. The Balaban J connectivity index is 1.44. The fraction of sp³-hybridized carbons (Fsp3) is 0.0435. The average Bonchev–Trinajstić information content (AvgIpc) is 3.48. The van der Waals surface area contributed by atoms with Gasteiger partial charge in [0.2, 0.25) is 0 Å². The number of esters is 1. The Morgan fingerprint density at radius 1 is 1.12 bits per heavy atom. The summed E-state index contributed by atoms with van der Waals surface area (Å²) >= 11 is 7.45. The third-order valence-electron chi connectivity index (χ3n) is 4.30. The average molecular weight is 465 g/mol. The minimum atomic E-state index is -0.651. The zero-order valence-corrected chi connectivity index (χ0v) is 18.2. The van der Waals surface area contributed by atoms with Gasteiger partial charge in [0.1, 0.15) is 5.69 Å². The lowest BCUT2D eigenvalue weighted by molar-refractivity contribution is -0.142. The van der Waals surface area contributed by atoms with E-state index in [0.717, 1.165) is 21.8 Å². The molecule has 0 aliphatic heterocycles. The number of benzene rings is 1. The third-order valence-corrected chi connectivity index (χ3v) is 5.47. The van der Waals surface area contributed by atoms with Gasteiger partial charge >= 0.3 is 5.97 Å². The summed E-state index contributed by atoms with van der Waals surface area (Å²) in [6.07, 6.45) is 6.24. The first-order valence-corrected chi connectivity index (χ1v) is 10.8. The van der Waals surface area contributed by atoms with Crippen molar-refractivity contribution in [2.45, 2.75) is 0 Å². The molecule has 3 aromatic heterocycles. The van der Waals surface area contributed by atoms with E-state index in [9.17, 15) is 9.59 Å². The first-order valence-electron chi connectivity index (χ1n) is 9.54. The van der Waals surface area contributed by atoms with Crippen molar-refractivity contribution in [1.29, 1.82) is 0 Å². The van der Waals surface area contributed by atoms with Gasteiger partial charge in [0.15, 0.2) is 11.8 Å². The number of carbonyl (C=O) groups is 2. The summed E-state index contributed by atoms with van der Waals surface area (Å²) in [6, 6.07) is 16.8. The SMILES string of the molecule is O=C(COC(=O)/C=C/c1cn(-c2ccccc2)nc1-c1cccs1)Nc1cccnc1Cl. The molecule has 0 fully saturated rings. The molecule has 0 saturated carbocycles. The molecule has 0 saturated heterocycles. The zero-order chi connectivity index (χ0) is 22.3. The summed E-state index contributed by atoms with van der Waals surface area (Å²) in [6.45, 7) is -0.449. The van der Waals surface area contributed by atoms with E-state index in [4.69, 9.17) is 16.3 Å². The van der Waals surface area contributed by atoms with Crippen LogP contribution in [-0.4, -0.2) is 33.2 Å². The van der Waals surface area contributed by atoms with Crippen LogP contribution in [0.15, 0.2) is 78.4 Å². The topological polar surface area (TPSA) is 86.1 Å². The maximum absolute atomic E-state index is 12.2. The number of ether oxygens (including phenoxy) is 1. The molecule has 1 N–H and O–H groups in total. The zero-order valence-electron chi connectivity index (χ0n) is 16.6. The number of hydrogen-bond donors (Lipinski definition) is 1. The summed E-state index contributed by atoms with van der Waals surface area (Å²) in [7, 11) is 0. The smallest absolute Gasteiger partial charge is 0.331 e. The van der Waals surface area contributed by atoms with E-state index in [0.29, 0.717) is 5.69 Å². The van der Waals surface area contributed by atoms with Gasteiger partial charge in [-0.2, -0.15) is 5.10 Å². The second-order valence-electron chi connectivity index (χ2n) is 6.52. The van der Waals surface area contributed by atoms with Gasteiger partial charge in [-0.25, -0.2) is 14.5 Å².